The molecule has 4 N–H and O–H groups in total. The van der Waals surface area contributed by atoms with Crippen LogP contribution in [-0.4, -0.2) is 107 Å². The quantitative estimate of drug-likeness (QED) is 0.271. The molecule has 0 radical (unpaired) electrons. The lowest BCUT2D eigenvalue weighted by Crippen LogP contribution is -2.72. The number of rotatable bonds is 12. The Morgan fingerprint density at radius 1 is 0.606 bits per heavy atom. The monoisotopic (exact) mass is 547 g/mol. The molecular weight excluding hydrogens is 533 g/mol. The minimum atomic E-state index is -8.38. The molecule has 33 heavy (non-hydrogen) atoms. The minimum absolute atomic E-state index is 1.21. The van der Waals surface area contributed by atoms with Gasteiger partial charge in [-0.25, -0.2) is 8.42 Å². The SMILES string of the molecule is O=S(=O)(N(CC(O)CO)CC(O)CO)C(F)(F)C(F)(F)C(F)(F)C(F)(F)C(F)(F)C(F)(F)F. The van der Waals surface area contributed by atoms with E-state index in [0.717, 1.165) is 0 Å². The van der Waals surface area contributed by atoms with Crippen LogP contribution in [0.3, 0.4) is 0 Å². The number of alkyl halides is 13. The predicted molar refractivity (Wildman–Crippen MR) is 77.5 cm³/mol. The highest BCUT2D eigenvalue weighted by molar-refractivity contribution is 7.90. The highest BCUT2D eigenvalue weighted by Crippen LogP contribution is 2.61. The first-order valence-electron chi connectivity index (χ1n) is 7.84. The Kier molecular flexibility index (Phi) is 9.14. The maximum Gasteiger partial charge on any atom is 0.460 e. The molecule has 0 aromatic heterocycles. The van der Waals surface area contributed by atoms with Gasteiger partial charge in [0.1, 0.15) is 0 Å². The molecule has 200 valence electrons. The van der Waals surface area contributed by atoms with Gasteiger partial charge in [0.25, 0.3) is 10.0 Å². The van der Waals surface area contributed by atoms with Gasteiger partial charge >= 0.3 is 35.1 Å². The van der Waals surface area contributed by atoms with Gasteiger partial charge < -0.3 is 20.4 Å². The summed E-state index contributed by atoms with van der Waals surface area (Å²) >= 11 is 0. The first-order chi connectivity index (χ1) is 14.3. The second kappa shape index (κ2) is 9.47. The van der Waals surface area contributed by atoms with Gasteiger partial charge in [0.15, 0.2) is 0 Å². The third-order valence-corrected chi connectivity index (χ3v) is 5.70. The fraction of sp³-hybridized carbons (Fsp3) is 1.00. The molecule has 0 aliphatic heterocycles. The largest absolute Gasteiger partial charge is 0.460 e. The molecule has 2 unspecified atom stereocenters. The zero-order valence-corrected chi connectivity index (χ0v) is 16.2. The van der Waals surface area contributed by atoms with E-state index in [1.807, 2.05) is 0 Å². The van der Waals surface area contributed by atoms with E-state index in [4.69, 9.17) is 20.4 Å². The van der Waals surface area contributed by atoms with Crippen molar-refractivity contribution < 1.29 is 85.9 Å². The smallest absolute Gasteiger partial charge is 0.394 e. The molecule has 0 spiro atoms. The highest BCUT2D eigenvalue weighted by atomic mass is 32.2. The Labute approximate surface area is 175 Å². The van der Waals surface area contributed by atoms with E-state index in [1.54, 1.807) is 0 Å². The molecule has 0 rings (SSSR count). The van der Waals surface area contributed by atoms with Crippen LogP contribution in [0.1, 0.15) is 0 Å². The van der Waals surface area contributed by atoms with Crippen LogP contribution in [-0.2, 0) is 10.0 Å². The molecule has 0 bridgehead atoms. The lowest BCUT2D eigenvalue weighted by Gasteiger charge is -2.40. The van der Waals surface area contributed by atoms with Crippen LogP contribution in [0.5, 0.6) is 0 Å². The van der Waals surface area contributed by atoms with Gasteiger partial charge in [-0.3, -0.25) is 0 Å². The number of sulfonamides is 1. The van der Waals surface area contributed by atoms with E-state index >= 15 is 0 Å². The third kappa shape index (κ3) is 5.11. The number of aliphatic hydroxyl groups is 4. The Balaban J connectivity index is 6.76. The van der Waals surface area contributed by atoms with Crippen molar-refractivity contribution in [1.82, 2.24) is 4.31 Å². The number of hydrogen-bond donors (Lipinski definition) is 4. The second-order valence-electron chi connectivity index (χ2n) is 6.31. The molecule has 0 saturated heterocycles. The average molecular weight is 547 g/mol. The number of aliphatic hydroxyl groups excluding tert-OH is 4. The lowest BCUT2D eigenvalue weighted by atomic mass is 9.98. The molecule has 0 amide bonds. The molecule has 0 aliphatic rings. The minimum Gasteiger partial charge on any atom is -0.394 e. The first-order valence-corrected chi connectivity index (χ1v) is 9.28. The molecule has 7 nitrogen and oxygen atoms in total. The summed E-state index contributed by atoms with van der Waals surface area (Å²) in [4.78, 5) is 0. The van der Waals surface area contributed by atoms with E-state index in [1.165, 1.54) is 0 Å². The van der Waals surface area contributed by atoms with Gasteiger partial charge in [-0.15, -0.1) is 0 Å². The van der Waals surface area contributed by atoms with Crippen LogP contribution < -0.4 is 0 Å². The van der Waals surface area contributed by atoms with Crippen LogP contribution in [0.2, 0.25) is 0 Å². The highest BCUT2D eigenvalue weighted by Gasteiger charge is 2.92. The second-order valence-corrected chi connectivity index (χ2v) is 8.29. The summed E-state index contributed by atoms with van der Waals surface area (Å²) in [7, 11) is -7.52. The summed E-state index contributed by atoms with van der Waals surface area (Å²) in [6, 6.07) is 0. The molecule has 0 heterocycles. The number of nitrogens with zero attached hydrogens (tertiary/aromatic N) is 1. The van der Waals surface area contributed by atoms with Crippen LogP contribution in [0, 0.1) is 0 Å². The molecule has 0 fully saturated rings. The van der Waals surface area contributed by atoms with Crippen LogP contribution in [0.4, 0.5) is 57.1 Å². The standard InChI is InChI=1S/C12H14F13NO6S/c13-7(14,9(17,18)11(21,22)23)8(15,16)10(19,20)12(24,25)33(31,32)26(1-5(29)3-27)2-6(30)4-28/h5-6,27-30H,1-4H2. The fourth-order valence-corrected chi connectivity index (χ4v) is 3.45. The summed E-state index contributed by atoms with van der Waals surface area (Å²) < 4.78 is 193. The fourth-order valence-electron chi connectivity index (χ4n) is 1.94. The van der Waals surface area contributed by atoms with Crippen molar-refractivity contribution in [3.8, 4) is 0 Å². The Bertz CT molecular complexity index is 760. The van der Waals surface area contributed by atoms with E-state index in [2.05, 4.69) is 0 Å². The van der Waals surface area contributed by atoms with E-state index < -0.39 is 88.0 Å². The van der Waals surface area contributed by atoms with Gasteiger partial charge in [0, 0.05) is 13.1 Å². The summed E-state index contributed by atoms with van der Waals surface area (Å²) in [5, 5.41) is 27.8. The van der Waals surface area contributed by atoms with Gasteiger partial charge in [-0.05, 0) is 0 Å². The Morgan fingerprint density at radius 3 is 1.18 bits per heavy atom. The van der Waals surface area contributed by atoms with Crippen LogP contribution >= 0.6 is 0 Å². The van der Waals surface area contributed by atoms with Gasteiger partial charge in [0.05, 0.1) is 25.4 Å². The van der Waals surface area contributed by atoms with Gasteiger partial charge in [-0.2, -0.15) is 61.4 Å². The molecule has 0 aromatic rings. The van der Waals surface area contributed by atoms with Gasteiger partial charge in [0.2, 0.25) is 0 Å². The van der Waals surface area contributed by atoms with Crippen molar-refractivity contribution in [3.63, 3.8) is 0 Å². The normalized spacial score (nSPS) is 17.4. The van der Waals surface area contributed by atoms with Crippen LogP contribution in [0.15, 0.2) is 0 Å². The topological polar surface area (TPSA) is 118 Å². The van der Waals surface area contributed by atoms with Crippen molar-refractivity contribution in [1.29, 1.82) is 0 Å². The number of halogens is 13. The molecule has 0 saturated carbocycles. The number of hydrogen-bond acceptors (Lipinski definition) is 6. The average Bonchev–Trinajstić information content (AvgIpc) is 2.65. The summed E-state index contributed by atoms with van der Waals surface area (Å²) in [6.07, 6.45) is -12.6. The summed E-state index contributed by atoms with van der Waals surface area (Å²) in [5.74, 6) is -33.0. The molecule has 21 heteroatoms. The molecule has 0 aliphatic carbocycles. The molecule has 2 atom stereocenters. The first kappa shape index (κ1) is 31.8. The summed E-state index contributed by atoms with van der Waals surface area (Å²) in [6.45, 7) is -6.95. The van der Waals surface area contributed by atoms with E-state index in [0.29, 0.717) is 0 Å². The lowest BCUT2D eigenvalue weighted by molar-refractivity contribution is -0.433. The van der Waals surface area contributed by atoms with Crippen molar-refractivity contribution in [2.45, 2.75) is 47.3 Å². The summed E-state index contributed by atoms with van der Waals surface area (Å²) in [5.41, 5.74) is 0. The van der Waals surface area contributed by atoms with Crippen molar-refractivity contribution in [3.05, 3.63) is 0 Å². The maximum absolute atomic E-state index is 14.0. The van der Waals surface area contributed by atoms with Crippen LogP contribution in [0.25, 0.3) is 0 Å². The molecule has 0 aromatic carbocycles. The third-order valence-electron chi connectivity index (χ3n) is 3.82. The van der Waals surface area contributed by atoms with Crippen molar-refractivity contribution in [2.75, 3.05) is 26.3 Å². The van der Waals surface area contributed by atoms with E-state index in [-0.39, 0.29) is 0 Å². The Morgan fingerprint density at radius 2 is 0.909 bits per heavy atom. The predicted octanol–water partition coefficient (Wildman–Crippen LogP) is 1.02. The maximum atomic E-state index is 14.0. The zero-order valence-electron chi connectivity index (χ0n) is 15.4. The zero-order chi connectivity index (χ0) is 27.1. The van der Waals surface area contributed by atoms with E-state index in [9.17, 15) is 65.5 Å². The van der Waals surface area contributed by atoms with Gasteiger partial charge in [-0.1, -0.05) is 0 Å². The van der Waals surface area contributed by atoms with Crippen molar-refractivity contribution >= 4 is 10.0 Å². The molecular formula is C12H14F13NO6S. The van der Waals surface area contributed by atoms with Crippen molar-refractivity contribution in [2.24, 2.45) is 0 Å². The Hall–Kier alpha value is -1.16.